The molecule has 3 rings (SSSR count). The van der Waals surface area contributed by atoms with Gasteiger partial charge in [-0.2, -0.15) is 13.5 Å². The topological polar surface area (TPSA) is 3.24 Å². The van der Waals surface area contributed by atoms with Crippen LogP contribution in [0.25, 0.3) is 0 Å². The Morgan fingerprint density at radius 2 is 1.65 bits per heavy atom. The molecule has 0 aromatic heterocycles. The van der Waals surface area contributed by atoms with Crippen molar-refractivity contribution in [1.82, 2.24) is 4.90 Å². The van der Waals surface area contributed by atoms with Gasteiger partial charge in [0.05, 0.1) is 0 Å². The van der Waals surface area contributed by atoms with Gasteiger partial charge in [-0.25, -0.2) is 0 Å². The Kier molecular flexibility index (Phi) is 4.32. The van der Waals surface area contributed by atoms with Crippen LogP contribution in [0.15, 0.2) is 30.3 Å². The zero-order chi connectivity index (χ0) is 10.5. The second-order valence-electron chi connectivity index (χ2n) is 5.71. The number of rotatable bonds is 2. The van der Waals surface area contributed by atoms with Crippen LogP contribution in [0.2, 0.25) is 0 Å². The molecule has 0 bridgehead atoms. The van der Waals surface area contributed by atoms with Gasteiger partial charge in [-0.3, -0.25) is 4.90 Å². The van der Waals surface area contributed by atoms with Gasteiger partial charge in [0.2, 0.25) is 0 Å². The maximum atomic E-state index is 2.61. The molecule has 0 unspecified atom stereocenters. The fourth-order valence-corrected chi connectivity index (χ4v) is 3.18. The minimum absolute atomic E-state index is 0. The molecule has 0 N–H and O–H groups in total. The third-order valence-electron chi connectivity index (χ3n) is 4.45. The first-order valence-corrected chi connectivity index (χ1v) is 5.94. The quantitative estimate of drug-likeness (QED) is 0.777. The molecule has 1 heterocycles. The summed E-state index contributed by atoms with van der Waals surface area (Å²) in [4.78, 5) is 2.61. The van der Waals surface area contributed by atoms with Gasteiger partial charge in [-0.15, -0.1) is 0 Å². The van der Waals surface area contributed by atoms with E-state index in [2.05, 4.69) is 49.1 Å². The predicted octanol–water partition coefficient (Wildman–Crippen LogP) is 3.52. The van der Waals surface area contributed by atoms with Gasteiger partial charge >= 0.3 is 0 Å². The summed E-state index contributed by atoms with van der Waals surface area (Å²) in [5.74, 6) is 1.95. The van der Waals surface area contributed by atoms with Crippen LogP contribution in [0.1, 0.15) is 26.8 Å². The van der Waals surface area contributed by atoms with Crippen molar-refractivity contribution in [2.45, 2.75) is 27.8 Å². The van der Waals surface area contributed by atoms with Gasteiger partial charge < -0.3 is 0 Å². The Balaban J connectivity index is 0.000000722. The van der Waals surface area contributed by atoms with E-state index in [0.29, 0.717) is 5.41 Å². The molecular weight excluding hydrogens is 226 g/mol. The van der Waals surface area contributed by atoms with Crippen LogP contribution in [-0.4, -0.2) is 18.0 Å². The summed E-state index contributed by atoms with van der Waals surface area (Å²) in [6.07, 6.45) is 0. The van der Waals surface area contributed by atoms with Gasteiger partial charge in [0, 0.05) is 19.6 Å². The molecule has 1 aromatic rings. The lowest BCUT2D eigenvalue weighted by atomic mass is 10.1. The van der Waals surface area contributed by atoms with E-state index in [1.807, 2.05) is 0 Å². The molecule has 1 aliphatic heterocycles. The largest absolute Gasteiger partial charge is 0.298 e. The van der Waals surface area contributed by atoms with Crippen molar-refractivity contribution in [2.24, 2.45) is 17.3 Å². The first kappa shape index (κ1) is 14.6. The number of hydrogen-bond acceptors (Lipinski definition) is 1. The number of benzene rings is 1. The third kappa shape index (κ3) is 2.53. The fourth-order valence-electron chi connectivity index (χ4n) is 3.18. The number of nitrogens with zero attached hydrogens (tertiary/aromatic N) is 1. The molecule has 96 valence electrons. The highest BCUT2D eigenvalue weighted by molar-refractivity contribution is 7.59. The Morgan fingerprint density at radius 1 is 1.12 bits per heavy atom. The van der Waals surface area contributed by atoms with Crippen molar-refractivity contribution < 1.29 is 0 Å². The summed E-state index contributed by atoms with van der Waals surface area (Å²) >= 11 is 0. The van der Waals surface area contributed by atoms with E-state index < -0.39 is 0 Å². The molecule has 1 saturated carbocycles. The van der Waals surface area contributed by atoms with Crippen molar-refractivity contribution in [2.75, 3.05) is 13.1 Å². The Bertz CT molecular complexity index is 346. The van der Waals surface area contributed by atoms with E-state index in [-0.39, 0.29) is 20.9 Å². The molecule has 1 aliphatic carbocycles. The van der Waals surface area contributed by atoms with Crippen LogP contribution in [0, 0.1) is 17.3 Å². The number of likely N-dealkylation sites (tertiary alicyclic amines) is 1. The van der Waals surface area contributed by atoms with Crippen molar-refractivity contribution in [3.8, 4) is 0 Å². The van der Waals surface area contributed by atoms with Crippen LogP contribution in [0.5, 0.6) is 0 Å². The highest BCUT2D eigenvalue weighted by Gasteiger charge is 2.61. The molecule has 17 heavy (non-hydrogen) atoms. The number of fused-ring (bicyclic) bond motifs is 1. The zero-order valence-corrected chi connectivity index (χ0v) is 11.1. The van der Waals surface area contributed by atoms with Crippen molar-refractivity contribution in [3.05, 3.63) is 35.9 Å². The van der Waals surface area contributed by atoms with Gasteiger partial charge in [-0.1, -0.05) is 51.6 Å². The highest BCUT2D eigenvalue weighted by Crippen LogP contribution is 2.62. The number of piperidine rings is 1. The molecule has 0 radical (unpaired) electrons. The van der Waals surface area contributed by atoms with Crippen LogP contribution >= 0.6 is 13.5 Å². The Labute approximate surface area is 113 Å². The minimum atomic E-state index is 0. The third-order valence-corrected chi connectivity index (χ3v) is 4.45. The summed E-state index contributed by atoms with van der Waals surface area (Å²) in [6.45, 7) is 8.60. The second kappa shape index (κ2) is 5.03. The lowest BCUT2D eigenvalue weighted by Crippen LogP contribution is -2.25. The van der Waals surface area contributed by atoms with Crippen LogP contribution in [0.4, 0.5) is 0 Å². The molecule has 2 heteroatoms. The summed E-state index contributed by atoms with van der Waals surface area (Å²) in [5, 5.41) is 0. The Hall–Kier alpha value is -0.470. The highest BCUT2D eigenvalue weighted by atomic mass is 32.1. The average Bonchev–Trinajstić information content (AvgIpc) is 2.64. The van der Waals surface area contributed by atoms with Gasteiger partial charge in [0.15, 0.2) is 0 Å². The zero-order valence-electron chi connectivity index (χ0n) is 10.1. The molecule has 2 fully saturated rings. The average molecular weight is 251 g/mol. The second-order valence-corrected chi connectivity index (χ2v) is 5.71. The van der Waals surface area contributed by atoms with Gasteiger partial charge in [-0.05, 0) is 22.8 Å². The van der Waals surface area contributed by atoms with Crippen LogP contribution < -0.4 is 0 Å². The molecule has 2 aliphatic rings. The fraction of sp³-hybridized carbons (Fsp3) is 0.600. The van der Waals surface area contributed by atoms with Crippen LogP contribution in [0.3, 0.4) is 0 Å². The number of hydrogen-bond donors (Lipinski definition) is 0. The maximum Gasteiger partial charge on any atom is 0.0233 e. The first-order chi connectivity index (χ1) is 7.18. The lowest BCUT2D eigenvalue weighted by molar-refractivity contribution is 0.251. The van der Waals surface area contributed by atoms with Crippen molar-refractivity contribution in [1.29, 1.82) is 0 Å². The molecule has 2 atom stereocenters. The van der Waals surface area contributed by atoms with E-state index in [9.17, 15) is 0 Å². The minimum Gasteiger partial charge on any atom is -0.298 e. The first-order valence-electron chi connectivity index (χ1n) is 5.94. The monoisotopic (exact) mass is 251 g/mol. The molecular formula is C15H25NS. The van der Waals surface area contributed by atoms with E-state index in [0.717, 1.165) is 18.4 Å². The molecule has 0 amide bonds. The summed E-state index contributed by atoms with van der Waals surface area (Å²) in [6, 6.07) is 10.8. The van der Waals surface area contributed by atoms with Crippen molar-refractivity contribution >= 4 is 13.5 Å². The summed E-state index contributed by atoms with van der Waals surface area (Å²) in [7, 11) is 0. The van der Waals surface area contributed by atoms with Gasteiger partial charge in [0.25, 0.3) is 0 Å². The van der Waals surface area contributed by atoms with Crippen LogP contribution in [-0.2, 0) is 6.54 Å². The van der Waals surface area contributed by atoms with E-state index in [1.165, 1.54) is 18.7 Å². The molecule has 1 saturated heterocycles. The normalized spacial score (nSPS) is 28.8. The molecule has 0 spiro atoms. The molecule has 1 nitrogen and oxygen atoms in total. The van der Waals surface area contributed by atoms with Gasteiger partial charge in [0.1, 0.15) is 0 Å². The predicted molar refractivity (Wildman–Crippen MR) is 79.6 cm³/mol. The van der Waals surface area contributed by atoms with E-state index >= 15 is 0 Å². The van der Waals surface area contributed by atoms with Crippen molar-refractivity contribution in [3.63, 3.8) is 0 Å². The van der Waals surface area contributed by atoms with E-state index in [1.54, 1.807) is 0 Å². The molecule has 1 aromatic carbocycles. The SMILES string of the molecule is C.CC1(C)[C@@H]2CN(Cc3ccccc3)C[C@@H]21.S. The summed E-state index contributed by atoms with van der Waals surface area (Å²) in [5.41, 5.74) is 2.10. The maximum absolute atomic E-state index is 2.61. The summed E-state index contributed by atoms with van der Waals surface area (Å²) < 4.78 is 0. The standard InChI is InChI=1S/C14H19N.CH4.H2S/c1-14(2)12-9-15(10-13(12)14)8-11-6-4-3-5-7-11;;/h3-7,12-13H,8-10H2,1-2H3;1H4;1H2/t12-,13+;;. The Morgan fingerprint density at radius 3 is 2.18 bits per heavy atom. The smallest absolute Gasteiger partial charge is 0.0233 e. The lowest BCUT2D eigenvalue weighted by Gasteiger charge is -2.21. The van der Waals surface area contributed by atoms with E-state index in [4.69, 9.17) is 0 Å².